The molecule has 0 atom stereocenters. The van der Waals surface area contributed by atoms with Crippen molar-refractivity contribution in [2.24, 2.45) is 0 Å². The summed E-state index contributed by atoms with van der Waals surface area (Å²) in [5.74, 6) is 0.164. The summed E-state index contributed by atoms with van der Waals surface area (Å²) in [5.41, 5.74) is 7.04. The maximum absolute atomic E-state index is 8.80. The molecular formula is C9H10ClN5. The fourth-order valence-corrected chi connectivity index (χ4v) is 1.01. The molecule has 5 nitrogen and oxygen atoms in total. The lowest BCUT2D eigenvalue weighted by Gasteiger charge is -1.94. The van der Waals surface area contributed by atoms with Crippen LogP contribution < -0.4 is 5.73 Å². The SMILES string of the molecule is Cc1nc(N)c(Cl)c(C)[nH]ncc1C#N. The number of halogens is 1. The molecule has 0 aromatic carbocycles. The Hall–Kier alpha value is -1.80. The van der Waals surface area contributed by atoms with Crippen molar-refractivity contribution < 1.29 is 0 Å². The van der Waals surface area contributed by atoms with E-state index in [1.807, 2.05) is 6.07 Å². The summed E-state index contributed by atoms with van der Waals surface area (Å²) in [7, 11) is 0. The quantitative estimate of drug-likeness (QED) is 0.700. The highest BCUT2D eigenvalue weighted by Crippen LogP contribution is 2.16. The van der Waals surface area contributed by atoms with E-state index in [0.29, 0.717) is 22.0 Å². The van der Waals surface area contributed by atoms with Gasteiger partial charge in [0.25, 0.3) is 0 Å². The smallest absolute Gasteiger partial charge is 0.144 e. The van der Waals surface area contributed by atoms with Crippen LogP contribution in [0.25, 0.3) is 0 Å². The normalized spacial score (nSPS) is 9.20. The number of nitrogens with two attached hydrogens (primary N) is 1. The summed E-state index contributed by atoms with van der Waals surface area (Å²) in [4.78, 5) is 4.01. The number of aryl methyl sites for hydroxylation is 2. The number of H-pyrrole nitrogens is 1. The van der Waals surface area contributed by atoms with E-state index in [1.165, 1.54) is 6.20 Å². The Balaban J connectivity index is 3.67. The van der Waals surface area contributed by atoms with E-state index in [1.54, 1.807) is 13.8 Å². The van der Waals surface area contributed by atoms with Gasteiger partial charge in [-0.05, 0) is 13.8 Å². The van der Waals surface area contributed by atoms with E-state index in [4.69, 9.17) is 22.6 Å². The molecule has 1 rings (SSSR count). The van der Waals surface area contributed by atoms with Gasteiger partial charge in [-0.15, -0.1) is 0 Å². The maximum atomic E-state index is 8.80. The number of nitriles is 1. The molecule has 3 N–H and O–H groups in total. The minimum atomic E-state index is 0.164. The molecule has 0 aliphatic heterocycles. The third-order valence-electron chi connectivity index (χ3n) is 1.78. The first-order chi connectivity index (χ1) is 7.06. The van der Waals surface area contributed by atoms with E-state index < -0.39 is 0 Å². The molecule has 0 unspecified atom stereocenters. The van der Waals surface area contributed by atoms with Gasteiger partial charge in [-0.25, -0.2) is 4.98 Å². The van der Waals surface area contributed by atoms with Crippen molar-refractivity contribution in [2.45, 2.75) is 13.8 Å². The van der Waals surface area contributed by atoms with Gasteiger partial charge in [0.15, 0.2) is 0 Å². The summed E-state index contributed by atoms with van der Waals surface area (Å²) in [5, 5.41) is 15.6. The first kappa shape index (κ1) is 11.3. The Bertz CT molecular complexity index is 470. The Kier molecular flexibility index (Phi) is 3.47. The predicted octanol–water partition coefficient (Wildman–Crippen LogP) is 1.65. The summed E-state index contributed by atoms with van der Waals surface area (Å²) in [6.45, 7) is 3.39. The van der Waals surface area contributed by atoms with Gasteiger partial charge in [0.1, 0.15) is 16.9 Å². The van der Waals surface area contributed by atoms with Crippen LogP contribution in [0.4, 0.5) is 5.82 Å². The Morgan fingerprint density at radius 2 is 2.20 bits per heavy atom. The van der Waals surface area contributed by atoms with Crippen LogP contribution in [0.15, 0.2) is 6.20 Å². The molecular weight excluding hydrogens is 214 g/mol. The van der Waals surface area contributed by atoms with Gasteiger partial charge < -0.3 is 5.73 Å². The van der Waals surface area contributed by atoms with E-state index in [-0.39, 0.29) is 5.82 Å². The van der Waals surface area contributed by atoms with Gasteiger partial charge in [0, 0.05) is 0 Å². The minimum absolute atomic E-state index is 0.164. The van der Waals surface area contributed by atoms with Gasteiger partial charge in [-0.3, -0.25) is 5.10 Å². The number of rotatable bonds is 0. The van der Waals surface area contributed by atoms with Crippen molar-refractivity contribution in [2.75, 3.05) is 5.73 Å². The molecule has 0 spiro atoms. The Morgan fingerprint density at radius 1 is 1.53 bits per heavy atom. The average Bonchev–Trinajstić information content (AvgIpc) is 2.25. The van der Waals surface area contributed by atoms with Crippen molar-refractivity contribution in [3.63, 3.8) is 0 Å². The van der Waals surface area contributed by atoms with Crippen LogP contribution in [0.5, 0.6) is 0 Å². The van der Waals surface area contributed by atoms with E-state index in [2.05, 4.69) is 15.2 Å². The number of nitrogen functional groups attached to an aromatic ring is 1. The van der Waals surface area contributed by atoms with Gasteiger partial charge in [0.05, 0.1) is 23.1 Å². The Labute approximate surface area is 92.2 Å². The molecule has 6 heteroatoms. The van der Waals surface area contributed by atoms with Crippen LogP contribution in [0.3, 0.4) is 0 Å². The average molecular weight is 224 g/mol. The van der Waals surface area contributed by atoms with Crippen LogP contribution in [0, 0.1) is 25.2 Å². The molecule has 0 fully saturated rings. The third-order valence-corrected chi connectivity index (χ3v) is 2.26. The second-order valence-electron chi connectivity index (χ2n) is 2.92. The molecule has 15 heavy (non-hydrogen) atoms. The molecule has 0 saturated carbocycles. The second kappa shape index (κ2) is 4.62. The van der Waals surface area contributed by atoms with Gasteiger partial charge in [0.2, 0.25) is 0 Å². The molecule has 1 heterocycles. The first-order valence-electron chi connectivity index (χ1n) is 4.17. The largest absolute Gasteiger partial charge is 0.382 e. The lowest BCUT2D eigenvalue weighted by Crippen LogP contribution is -1.92. The van der Waals surface area contributed by atoms with Crippen LogP contribution in [0.1, 0.15) is 17.0 Å². The lowest BCUT2D eigenvalue weighted by molar-refractivity contribution is 0.996. The highest BCUT2D eigenvalue weighted by atomic mass is 35.5. The number of aromatic amines is 1. The fourth-order valence-electron chi connectivity index (χ4n) is 0.928. The standard InChI is InChI=1S/C9H10ClN5/c1-5-7(3-11)4-13-15-6(2)8(10)9(12)14-5/h4,15H,1-2H3,(H2,12,14). The molecule has 0 bridgehead atoms. The molecule has 78 valence electrons. The minimum Gasteiger partial charge on any atom is -0.382 e. The zero-order valence-corrected chi connectivity index (χ0v) is 9.13. The molecule has 0 amide bonds. The maximum Gasteiger partial charge on any atom is 0.144 e. The monoisotopic (exact) mass is 223 g/mol. The summed E-state index contributed by atoms with van der Waals surface area (Å²) >= 11 is 5.91. The summed E-state index contributed by atoms with van der Waals surface area (Å²) < 4.78 is 0. The molecule has 0 aliphatic rings. The molecule has 0 aliphatic carbocycles. The van der Waals surface area contributed by atoms with Gasteiger partial charge in [-0.2, -0.15) is 10.4 Å². The lowest BCUT2D eigenvalue weighted by atomic mass is 10.3. The van der Waals surface area contributed by atoms with Crippen molar-refractivity contribution >= 4 is 17.4 Å². The summed E-state index contributed by atoms with van der Waals surface area (Å²) in [6, 6.07) is 1.97. The number of nitrogens with zero attached hydrogens (tertiary/aromatic N) is 3. The van der Waals surface area contributed by atoms with Crippen LogP contribution in [-0.4, -0.2) is 15.2 Å². The Morgan fingerprint density at radius 3 is 2.80 bits per heavy atom. The fraction of sp³-hybridized carbons (Fsp3) is 0.222. The molecule has 0 saturated heterocycles. The zero-order chi connectivity index (χ0) is 11.4. The predicted molar refractivity (Wildman–Crippen MR) is 57.6 cm³/mol. The van der Waals surface area contributed by atoms with Crippen molar-refractivity contribution in [1.29, 1.82) is 5.26 Å². The van der Waals surface area contributed by atoms with Crippen LogP contribution in [-0.2, 0) is 0 Å². The molecule has 1 aromatic heterocycles. The number of nitrogens with one attached hydrogen (secondary N) is 1. The number of anilines is 1. The second-order valence-corrected chi connectivity index (χ2v) is 3.29. The van der Waals surface area contributed by atoms with Crippen LogP contribution in [0.2, 0.25) is 5.02 Å². The highest BCUT2D eigenvalue weighted by Gasteiger charge is 2.00. The first-order valence-corrected chi connectivity index (χ1v) is 4.55. The third kappa shape index (κ3) is 2.58. The van der Waals surface area contributed by atoms with Crippen LogP contribution >= 0.6 is 11.6 Å². The zero-order valence-electron chi connectivity index (χ0n) is 8.37. The topological polar surface area (TPSA) is 91.4 Å². The number of hydrogen-bond donors (Lipinski definition) is 2. The van der Waals surface area contributed by atoms with E-state index >= 15 is 0 Å². The molecule has 1 aromatic rings. The van der Waals surface area contributed by atoms with E-state index in [0.717, 1.165) is 0 Å². The summed E-state index contributed by atoms with van der Waals surface area (Å²) in [6.07, 6.45) is 1.38. The van der Waals surface area contributed by atoms with Crippen molar-refractivity contribution in [3.05, 3.63) is 28.2 Å². The van der Waals surface area contributed by atoms with Gasteiger partial charge in [-0.1, -0.05) is 11.6 Å². The van der Waals surface area contributed by atoms with E-state index in [9.17, 15) is 0 Å². The number of hydrogen-bond acceptors (Lipinski definition) is 4. The van der Waals surface area contributed by atoms with Gasteiger partial charge >= 0.3 is 0 Å². The van der Waals surface area contributed by atoms with Crippen molar-refractivity contribution in [3.8, 4) is 6.07 Å². The highest BCUT2D eigenvalue weighted by molar-refractivity contribution is 6.33. The molecule has 0 radical (unpaired) electrons. The number of aromatic nitrogens is 3. The van der Waals surface area contributed by atoms with Crippen molar-refractivity contribution in [1.82, 2.24) is 15.2 Å².